The zero-order valence-corrected chi connectivity index (χ0v) is 19.2. The smallest absolute Gasteiger partial charge is 0.418 e. The molecule has 2 heterocycles. The number of para-hydroxylation sites is 2. The number of hydrogen-bond donors (Lipinski definition) is 1. The largest absolute Gasteiger partial charge is 0.495 e. The molecule has 0 spiro atoms. The lowest BCUT2D eigenvalue weighted by molar-refractivity contribution is -0.138. The van der Waals surface area contributed by atoms with E-state index in [4.69, 9.17) is 9.47 Å². The number of rotatable bonds is 5. The number of alkyl halides is 3. The Labute approximate surface area is 204 Å². The minimum absolute atomic E-state index is 0.0243. The van der Waals surface area contributed by atoms with Crippen LogP contribution in [0.1, 0.15) is 15.9 Å². The van der Waals surface area contributed by atoms with E-state index in [2.05, 4.69) is 15.5 Å². The van der Waals surface area contributed by atoms with Gasteiger partial charge in [-0.25, -0.2) is 4.79 Å². The highest BCUT2D eigenvalue weighted by Crippen LogP contribution is 2.32. The van der Waals surface area contributed by atoms with Gasteiger partial charge in [0.15, 0.2) is 5.82 Å². The maximum Gasteiger partial charge on any atom is 0.418 e. The van der Waals surface area contributed by atoms with Crippen LogP contribution in [-0.4, -0.2) is 60.4 Å². The van der Waals surface area contributed by atoms with E-state index in [1.54, 1.807) is 30.3 Å². The summed E-state index contributed by atoms with van der Waals surface area (Å²) < 4.78 is 50.2. The first kappa shape index (κ1) is 24.8. The second-order valence-electron chi connectivity index (χ2n) is 7.77. The number of halogens is 3. The molecule has 1 fully saturated rings. The average molecular weight is 501 g/mol. The Balaban J connectivity index is 1.33. The number of carbonyl (C=O) groups excluding carboxylic acids is 2. The van der Waals surface area contributed by atoms with Gasteiger partial charge in [-0.3, -0.25) is 10.1 Å². The van der Waals surface area contributed by atoms with Crippen LogP contribution in [-0.2, 0) is 6.18 Å². The lowest BCUT2D eigenvalue weighted by Gasteiger charge is -2.35. The maximum atomic E-state index is 13.3. The van der Waals surface area contributed by atoms with E-state index in [9.17, 15) is 22.8 Å². The summed E-state index contributed by atoms with van der Waals surface area (Å²) >= 11 is 0. The van der Waals surface area contributed by atoms with Crippen molar-refractivity contribution in [3.8, 4) is 11.6 Å². The monoisotopic (exact) mass is 501 g/mol. The lowest BCUT2D eigenvalue weighted by Crippen LogP contribution is -2.49. The molecule has 36 heavy (non-hydrogen) atoms. The van der Waals surface area contributed by atoms with Crippen LogP contribution in [0.4, 0.5) is 29.5 Å². The summed E-state index contributed by atoms with van der Waals surface area (Å²) in [5, 5.41) is 10.5. The number of amides is 2. The Morgan fingerprint density at radius 3 is 2.28 bits per heavy atom. The molecule has 0 atom stereocenters. The summed E-state index contributed by atoms with van der Waals surface area (Å²) in [5.41, 5.74) is -0.889. The Morgan fingerprint density at radius 1 is 0.917 bits per heavy atom. The number of methoxy groups -OCH3 is 1. The van der Waals surface area contributed by atoms with E-state index in [1.807, 2.05) is 4.90 Å². The third kappa shape index (κ3) is 5.65. The van der Waals surface area contributed by atoms with Crippen LogP contribution in [0.3, 0.4) is 0 Å². The Bertz CT molecular complexity index is 1230. The van der Waals surface area contributed by atoms with Gasteiger partial charge in [0.25, 0.3) is 5.91 Å². The molecular formula is C24H22F3N5O4. The van der Waals surface area contributed by atoms with Crippen molar-refractivity contribution in [2.24, 2.45) is 0 Å². The zero-order chi connectivity index (χ0) is 25.7. The molecule has 1 aliphatic heterocycles. The molecule has 1 aromatic heterocycles. The molecule has 12 heteroatoms. The van der Waals surface area contributed by atoms with Gasteiger partial charge in [0.1, 0.15) is 5.75 Å². The Hall–Kier alpha value is -4.35. The van der Waals surface area contributed by atoms with Gasteiger partial charge >= 0.3 is 12.3 Å². The van der Waals surface area contributed by atoms with E-state index < -0.39 is 23.7 Å². The number of aromatic nitrogens is 2. The number of nitrogens with zero attached hydrogens (tertiary/aromatic N) is 4. The van der Waals surface area contributed by atoms with E-state index in [-0.39, 0.29) is 24.5 Å². The highest BCUT2D eigenvalue weighted by atomic mass is 19.4. The molecule has 0 radical (unpaired) electrons. The summed E-state index contributed by atoms with van der Waals surface area (Å²) in [7, 11) is 1.48. The van der Waals surface area contributed by atoms with Crippen molar-refractivity contribution in [2.75, 3.05) is 43.5 Å². The highest BCUT2D eigenvalue weighted by Gasteiger charge is 2.36. The van der Waals surface area contributed by atoms with Gasteiger partial charge in [0.05, 0.1) is 23.9 Å². The molecule has 1 saturated heterocycles. The first-order chi connectivity index (χ1) is 17.3. The van der Waals surface area contributed by atoms with Crippen molar-refractivity contribution in [3.05, 3.63) is 71.8 Å². The van der Waals surface area contributed by atoms with Gasteiger partial charge in [-0.1, -0.05) is 24.3 Å². The van der Waals surface area contributed by atoms with Gasteiger partial charge in [0.2, 0.25) is 5.88 Å². The van der Waals surface area contributed by atoms with E-state index in [0.717, 1.165) is 6.07 Å². The van der Waals surface area contributed by atoms with Gasteiger partial charge in [-0.2, -0.15) is 13.2 Å². The van der Waals surface area contributed by atoms with Crippen LogP contribution in [0.5, 0.6) is 11.6 Å². The predicted molar refractivity (Wildman–Crippen MR) is 124 cm³/mol. The van der Waals surface area contributed by atoms with Crippen molar-refractivity contribution >= 4 is 23.5 Å². The number of anilines is 2. The topological polar surface area (TPSA) is 96.9 Å². The molecular weight excluding hydrogens is 479 g/mol. The quantitative estimate of drug-likeness (QED) is 0.563. The summed E-state index contributed by atoms with van der Waals surface area (Å²) in [6, 6.07) is 14.7. The second-order valence-corrected chi connectivity index (χ2v) is 7.77. The normalized spacial score (nSPS) is 13.8. The van der Waals surface area contributed by atoms with Gasteiger partial charge in [-0.15, -0.1) is 10.2 Å². The third-order valence-electron chi connectivity index (χ3n) is 5.52. The molecule has 0 unspecified atom stereocenters. The molecule has 9 nitrogen and oxygen atoms in total. The fraction of sp³-hybridized carbons (Fsp3) is 0.250. The van der Waals surface area contributed by atoms with E-state index in [0.29, 0.717) is 30.3 Å². The van der Waals surface area contributed by atoms with Crippen molar-refractivity contribution < 1.29 is 32.2 Å². The van der Waals surface area contributed by atoms with Crippen LogP contribution in [0.2, 0.25) is 0 Å². The molecule has 1 N–H and O–H groups in total. The Morgan fingerprint density at radius 2 is 1.61 bits per heavy atom. The van der Waals surface area contributed by atoms with Gasteiger partial charge in [0, 0.05) is 32.2 Å². The molecule has 4 rings (SSSR count). The second kappa shape index (κ2) is 10.5. The minimum Gasteiger partial charge on any atom is -0.495 e. The van der Waals surface area contributed by atoms with E-state index in [1.165, 1.54) is 36.3 Å². The zero-order valence-electron chi connectivity index (χ0n) is 19.2. The predicted octanol–water partition coefficient (Wildman–Crippen LogP) is 4.08. The number of piperazine rings is 1. The van der Waals surface area contributed by atoms with Crippen molar-refractivity contribution in [1.82, 2.24) is 15.1 Å². The number of hydrogen-bond acceptors (Lipinski definition) is 7. The molecule has 188 valence electrons. The number of benzene rings is 2. The fourth-order valence-electron chi connectivity index (χ4n) is 3.74. The summed E-state index contributed by atoms with van der Waals surface area (Å²) in [6.45, 7) is 1.13. The number of nitrogens with one attached hydrogen (secondary N) is 1. The number of carbonyl (C=O) groups is 2. The first-order valence-corrected chi connectivity index (χ1v) is 10.9. The SMILES string of the molecule is COc1ccccc1NC(=O)Oc1ccc(N2CCN(C(=O)c3ccccc3C(F)(F)F)CC2)nn1. The molecule has 0 bridgehead atoms. The van der Waals surface area contributed by atoms with Gasteiger partial charge in [-0.05, 0) is 30.3 Å². The molecule has 0 saturated carbocycles. The Kier molecular flexibility index (Phi) is 7.23. The number of ether oxygens (including phenoxy) is 2. The highest BCUT2D eigenvalue weighted by molar-refractivity contribution is 5.96. The van der Waals surface area contributed by atoms with Crippen molar-refractivity contribution in [2.45, 2.75) is 6.18 Å². The third-order valence-corrected chi connectivity index (χ3v) is 5.52. The molecule has 2 amide bonds. The summed E-state index contributed by atoms with van der Waals surface area (Å²) in [4.78, 5) is 28.1. The van der Waals surface area contributed by atoms with Crippen LogP contribution in [0.15, 0.2) is 60.7 Å². The van der Waals surface area contributed by atoms with E-state index >= 15 is 0 Å². The molecule has 1 aliphatic rings. The van der Waals surface area contributed by atoms with Crippen LogP contribution in [0.25, 0.3) is 0 Å². The molecule has 2 aromatic carbocycles. The standard InChI is InChI=1S/C24H22F3N5O4/c1-35-19-9-5-4-8-18(19)28-23(34)36-21-11-10-20(29-30-21)31-12-14-32(15-13-31)22(33)16-6-2-3-7-17(16)24(25,26)27/h2-11H,12-15H2,1H3,(H,28,34). The van der Waals surface area contributed by atoms with Crippen LogP contribution < -0.4 is 19.7 Å². The summed E-state index contributed by atoms with van der Waals surface area (Å²) in [6.07, 6.45) is -5.38. The average Bonchev–Trinajstić information content (AvgIpc) is 2.88. The fourth-order valence-corrected chi connectivity index (χ4v) is 3.74. The minimum atomic E-state index is -4.61. The lowest BCUT2D eigenvalue weighted by atomic mass is 10.1. The van der Waals surface area contributed by atoms with Crippen LogP contribution >= 0.6 is 0 Å². The van der Waals surface area contributed by atoms with Gasteiger partial charge < -0.3 is 19.3 Å². The maximum absolute atomic E-state index is 13.3. The first-order valence-electron chi connectivity index (χ1n) is 10.9. The molecule has 3 aromatic rings. The van der Waals surface area contributed by atoms with Crippen molar-refractivity contribution in [1.29, 1.82) is 0 Å². The summed E-state index contributed by atoms with van der Waals surface area (Å²) in [5.74, 6) is 0.257. The van der Waals surface area contributed by atoms with Crippen LogP contribution in [0, 0.1) is 0 Å². The van der Waals surface area contributed by atoms with Crippen molar-refractivity contribution in [3.63, 3.8) is 0 Å². The molecule has 0 aliphatic carbocycles.